The number of methoxy groups -OCH3 is 1. The fourth-order valence-electron chi connectivity index (χ4n) is 3.29. The first-order chi connectivity index (χ1) is 14.3. The first-order valence-corrected chi connectivity index (χ1v) is 9.94. The molecule has 2 aromatic carbocycles. The van der Waals surface area contributed by atoms with Crippen LogP contribution in [0.25, 0.3) is 5.76 Å². The Morgan fingerprint density at radius 1 is 1.10 bits per heavy atom. The zero-order chi connectivity index (χ0) is 21.8. The first kappa shape index (κ1) is 21.7. The van der Waals surface area contributed by atoms with Crippen molar-refractivity contribution >= 4 is 39.3 Å². The molecule has 0 saturated carbocycles. The van der Waals surface area contributed by atoms with Gasteiger partial charge in [0.05, 0.1) is 18.2 Å². The molecule has 3 rings (SSSR count). The summed E-state index contributed by atoms with van der Waals surface area (Å²) in [5.41, 5.74) is 1.02. The van der Waals surface area contributed by atoms with Crippen LogP contribution < -0.4 is 4.74 Å². The van der Waals surface area contributed by atoms with Crippen molar-refractivity contribution in [2.45, 2.75) is 13.0 Å². The van der Waals surface area contributed by atoms with E-state index in [4.69, 9.17) is 9.47 Å². The number of hydrogen-bond donors (Lipinski definition) is 1. The third-order valence-electron chi connectivity index (χ3n) is 4.65. The third-order valence-corrected chi connectivity index (χ3v) is 5.18. The monoisotopic (exact) mass is 473 g/mol. The molecular weight excluding hydrogens is 454 g/mol. The van der Waals surface area contributed by atoms with E-state index >= 15 is 0 Å². The number of nitrogens with zero attached hydrogens (tertiary/aromatic N) is 1. The van der Waals surface area contributed by atoms with Gasteiger partial charge in [-0.3, -0.25) is 14.4 Å². The second kappa shape index (κ2) is 9.23. The summed E-state index contributed by atoms with van der Waals surface area (Å²) in [7, 11) is 1.50. The Balaban J connectivity index is 2.09. The zero-order valence-corrected chi connectivity index (χ0v) is 18.0. The van der Waals surface area contributed by atoms with E-state index in [2.05, 4.69) is 15.9 Å². The highest BCUT2D eigenvalue weighted by Crippen LogP contribution is 2.39. The molecular formula is C22H20BrNO6. The van der Waals surface area contributed by atoms with Gasteiger partial charge in [0.25, 0.3) is 11.7 Å². The number of aliphatic hydroxyl groups excluding tert-OH is 1. The van der Waals surface area contributed by atoms with Crippen molar-refractivity contribution in [3.05, 3.63) is 69.7 Å². The molecule has 8 heteroatoms. The Bertz CT molecular complexity index is 997. The van der Waals surface area contributed by atoms with Gasteiger partial charge in [-0.1, -0.05) is 40.2 Å². The SMILES string of the molecule is COCCN1C(=O)C(=O)/C(=C(\O)c2ccc(Br)cc2)C1c1ccc(OC(C)=O)cc1. The minimum atomic E-state index is -0.796. The lowest BCUT2D eigenvalue weighted by Gasteiger charge is -2.25. The molecule has 1 fully saturated rings. The highest BCUT2D eigenvalue weighted by Gasteiger charge is 2.45. The molecule has 1 aliphatic heterocycles. The highest BCUT2D eigenvalue weighted by molar-refractivity contribution is 9.10. The smallest absolute Gasteiger partial charge is 0.308 e. The van der Waals surface area contributed by atoms with Crippen LogP contribution in [0.1, 0.15) is 24.1 Å². The van der Waals surface area contributed by atoms with Crippen LogP contribution in [0.4, 0.5) is 0 Å². The summed E-state index contributed by atoms with van der Waals surface area (Å²) in [6, 6.07) is 12.5. The van der Waals surface area contributed by atoms with Crippen LogP contribution in [0.15, 0.2) is 58.6 Å². The molecule has 7 nitrogen and oxygen atoms in total. The van der Waals surface area contributed by atoms with E-state index < -0.39 is 23.7 Å². The highest BCUT2D eigenvalue weighted by atomic mass is 79.9. The summed E-state index contributed by atoms with van der Waals surface area (Å²) in [5, 5.41) is 10.9. The molecule has 156 valence electrons. The molecule has 0 aliphatic carbocycles. The Morgan fingerprint density at radius 3 is 2.30 bits per heavy atom. The molecule has 30 heavy (non-hydrogen) atoms. The number of aliphatic hydroxyl groups is 1. The van der Waals surface area contributed by atoms with E-state index in [1.807, 2.05) is 0 Å². The van der Waals surface area contributed by atoms with Crippen LogP contribution in [0.2, 0.25) is 0 Å². The van der Waals surface area contributed by atoms with Gasteiger partial charge >= 0.3 is 5.97 Å². The van der Waals surface area contributed by atoms with E-state index in [9.17, 15) is 19.5 Å². The van der Waals surface area contributed by atoms with Gasteiger partial charge in [-0.05, 0) is 29.8 Å². The average molecular weight is 474 g/mol. The molecule has 1 amide bonds. The lowest BCUT2D eigenvalue weighted by molar-refractivity contribution is -0.140. The van der Waals surface area contributed by atoms with Crippen molar-refractivity contribution in [2.75, 3.05) is 20.3 Å². The average Bonchev–Trinajstić information content (AvgIpc) is 2.97. The summed E-state index contributed by atoms with van der Waals surface area (Å²) in [4.78, 5) is 38.1. The number of benzene rings is 2. The Labute approximate surface area is 182 Å². The second-order valence-corrected chi connectivity index (χ2v) is 7.57. The fraction of sp³-hybridized carbons (Fsp3) is 0.227. The molecule has 0 aromatic heterocycles. The number of ketones is 1. The Morgan fingerprint density at radius 2 is 1.73 bits per heavy atom. The van der Waals surface area contributed by atoms with Crippen molar-refractivity contribution in [3.63, 3.8) is 0 Å². The minimum Gasteiger partial charge on any atom is -0.507 e. The van der Waals surface area contributed by atoms with Gasteiger partial charge < -0.3 is 19.5 Å². The van der Waals surface area contributed by atoms with Gasteiger partial charge in [-0.2, -0.15) is 0 Å². The number of Topliss-reactive ketones (excluding diaryl/α,β-unsaturated/α-hetero) is 1. The standard InChI is InChI=1S/C22H20BrNO6/c1-13(25)30-17-9-5-14(6-10-17)19-18(20(26)15-3-7-16(23)8-4-15)21(27)22(28)24(19)11-12-29-2/h3-10,19,26H,11-12H2,1-2H3/b20-18-. The van der Waals surface area contributed by atoms with E-state index in [0.717, 1.165) is 4.47 Å². The van der Waals surface area contributed by atoms with Crippen molar-refractivity contribution in [1.29, 1.82) is 0 Å². The summed E-state index contributed by atoms with van der Waals surface area (Å²) < 4.78 is 10.9. The lowest BCUT2D eigenvalue weighted by Crippen LogP contribution is -2.32. The largest absolute Gasteiger partial charge is 0.507 e. The number of halogens is 1. The molecule has 2 aromatic rings. The molecule has 1 N–H and O–H groups in total. The maximum Gasteiger partial charge on any atom is 0.308 e. The maximum absolute atomic E-state index is 12.8. The van der Waals surface area contributed by atoms with Gasteiger partial charge in [-0.15, -0.1) is 0 Å². The number of carbonyl (C=O) groups is 3. The number of likely N-dealkylation sites (tertiary alicyclic amines) is 1. The van der Waals surface area contributed by atoms with Gasteiger partial charge in [0.2, 0.25) is 0 Å². The molecule has 1 heterocycles. The number of amides is 1. The maximum atomic E-state index is 12.8. The number of hydrogen-bond acceptors (Lipinski definition) is 6. The van der Waals surface area contributed by atoms with Crippen LogP contribution >= 0.6 is 15.9 Å². The predicted octanol–water partition coefficient (Wildman–Crippen LogP) is 3.44. The topological polar surface area (TPSA) is 93.1 Å². The molecule has 1 aliphatic rings. The summed E-state index contributed by atoms with van der Waals surface area (Å²) in [5.74, 6) is -1.84. The van der Waals surface area contributed by atoms with Crippen molar-refractivity contribution in [2.24, 2.45) is 0 Å². The van der Waals surface area contributed by atoms with E-state index in [0.29, 0.717) is 16.9 Å². The Kier molecular flexibility index (Phi) is 6.69. The van der Waals surface area contributed by atoms with Crippen molar-refractivity contribution < 1.29 is 29.0 Å². The normalized spacial score (nSPS) is 18.0. The summed E-state index contributed by atoms with van der Waals surface area (Å²) in [6.07, 6.45) is 0. The molecule has 1 saturated heterocycles. The lowest BCUT2D eigenvalue weighted by atomic mass is 9.95. The number of esters is 1. The molecule has 0 radical (unpaired) electrons. The van der Waals surface area contributed by atoms with Crippen LogP contribution in [-0.4, -0.2) is 47.9 Å². The number of carbonyl (C=O) groups excluding carboxylic acids is 3. The van der Waals surface area contributed by atoms with Crippen molar-refractivity contribution in [3.8, 4) is 5.75 Å². The molecule has 0 bridgehead atoms. The molecule has 1 unspecified atom stereocenters. The number of rotatable bonds is 6. The van der Waals surface area contributed by atoms with Gasteiger partial charge in [0.1, 0.15) is 11.5 Å². The minimum absolute atomic E-state index is 0.00124. The van der Waals surface area contributed by atoms with Gasteiger partial charge in [0, 0.05) is 30.6 Å². The third kappa shape index (κ3) is 4.44. The first-order valence-electron chi connectivity index (χ1n) is 9.15. The summed E-state index contributed by atoms with van der Waals surface area (Å²) >= 11 is 3.33. The number of ether oxygens (including phenoxy) is 2. The van der Waals surface area contributed by atoms with Crippen molar-refractivity contribution in [1.82, 2.24) is 4.90 Å². The van der Waals surface area contributed by atoms with E-state index in [-0.39, 0.29) is 24.5 Å². The predicted molar refractivity (Wildman–Crippen MR) is 113 cm³/mol. The quantitative estimate of drug-likeness (QED) is 0.227. The summed E-state index contributed by atoms with van der Waals surface area (Å²) in [6.45, 7) is 1.70. The second-order valence-electron chi connectivity index (χ2n) is 6.65. The molecule has 1 atom stereocenters. The van der Waals surface area contributed by atoms with E-state index in [1.165, 1.54) is 18.9 Å². The zero-order valence-electron chi connectivity index (χ0n) is 16.4. The fourth-order valence-corrected chi connectivity index (χ4v) is 3.56. The molecule has 0 spiro atoms. The van der Waals surface area contributed by atoms with Gasteiger partial charge in [-0.25, -0.2) is 0 Å². The van der Waals surface area contributed by atoms with Crippen LogP contribution in [-0.2, 0) is 19.1 Å². The van der Waals surface area contributed by atoms with Crippen LogP contribution in [0.3, 0.4) is 0 Å². The van der Waals surface area contributed by atoms with Crippen LogP contribution in [0.5, 0.6) is 5.75 Å². The van der Waals surface area contributed by atoms with Gasteiger partial charge in [0.15, 0.2) is 0 Å². The van der Waals surface area contributed by atoms with Crippen LogP contribution in [0, 0.1) is 0 Å². The Hall–Kier alpha value is -2.97. The van der Waals surface area contributed by atoms with E-state index in [1.54, 1.807) is 48.5 Å².